The van der Waals surface area contributed by atoms with Crippen molar-refractivity contribution in [2.24, 2.45) is 7.05 Å². The monoisotopic (exact) mass is 458 g/mol. The molecule has 0 aliphatic rings. The average Bonchev–Trinajstić information content (AvgIpc) is 3.23. The summed E-state index contributed by atoms with van der Waals surface area (Å²) in [4.78, 5) is 15.2. The molecule has 0 fully saturated rings. The fraction of sp³-hybridized carbons (Fsp3) is 0.190. The number of rotatable bonds is 6. The van der Waals surface area contributed by atoms with E-state index in [0.29, 0.717) is 16.5 Å². The van der Waals surface area contributed by atoms with Crippen LogP contribution in [0.15, 0.2) is 53.8 Å². The molecular weight excluding hydrogens is 440 g/mol. The minimum absolute atomic E-state index is 0.0124. The maximum Gasteiger partial charge on any atom is 0.303 e. The second-order valence-electron chi connectivity index (χ2n) is 7.15. The number of carboxylic acid groups (broad SMARTS) is 1. The van der Waals surface area contributed by atoms with Crippen LogP contribution in [0.3, 0.4) is 0 Å². The maximum atomic E-state index is 13.5. The van der Waals surface area contributed by atoms with Gasteiger partial charge >= 0.3 is 5.97 Å². The lowest BCUT2D eigenvalue weighted by atomic mass is 10.0. The van der Waals surface area contributed by atoms with Crippen molar-refractivity contribution in [1.29, 1.82) is 0 Å². The summed E-state index contributed by atoms with van der Waals surface area (Å²) in [5.74, 6) is -0.960. The third-order valence-electron chi connectivity index (χ3n) is 5.07. The summed E-state index contributed by atoms with van der Waals surface area (Å²) in [6.45, 7) is 1.58. The van der Waals surface area contributed by atoms with E-state index in [-0.39, 0.29) is 28.6 Å². The lowest BCUT2D eigenvalue weighted by Crippen LogP contribution is -2.13. The first kappa shape index (κ1) is 21.1. The number of carboxylic acids is 1. The van der Waals surface area contributed by atoms with Crippen LogP contribution in [0.1, 0.15) is 17.7 Å². The quantitative estimate of drug-likeness (QED) is 0.472. The number of fused-ring (bicyclic) bond motifs is 1. The van der Waals surface area contributed by atoms with Gasteiger partial charge in [-0.2, -0.15) is 5.10 Å². The van der Waals surface area contributed by atoms with Crippen LogP contribution in [0.25, 0.3) is 22.0 Å². The zero-order valence-corrected chi connectivity index (χ0v) is 18.4. The van der Waals surface area contributed by atoms with Gasteiger partial charge in [-0.05, 0) is 42.7 Å². The van der Waals surface area contributed by atoms with Crippen LogP contribution in [0, 0.1) is 6.92 Å². The normalized spacial score (nSPS) is 11.8. The molecule has 0 aliphatic heterocycles. The molecule has 3 heterocycles. The van der Waals surface area contributed by atoms with Gasteiger partial charge in [-0.1, -0.05) is 23.7 Å². The molecule has 0 saturated carbocycles. The van der Waals surface area contributed by atoms with Gasteiger partial charge in [0.15, 0.2) is 0 Å². The van der Waals surface area contributed by atoms with Gasteiger partial charge in [0, 0.05) is 43.0 Å². The second-order valence-corrected chi connectivity index (χ2v) is 9.26. The predicted octanol–water partition coefficient (Wildman–Crippen LogP) is 3.65. The van der Waals surface area contributed by atoms with E-state index >= 15 is 0 Å². The average molecular weight is 459 g/mol. The molecule has 0 bridgehead atoms. The SMILES string of the molecule is Cc1nn(C)c(Cl)c1S(=O)(=O)n1cc(CCC(=O)O)c2cc(-c3cccnc3)ccc21. The third kappa shape index (κ3) is 3.70. The second kappa shape index (κ2) is 7.82. The fourth-order valence-electron chi connectivity index (χ4n) is 3.62. The van der Waals surface area contributed by atoms with E-state index in [1.165, 1.54) is 10.9 Å². The van der Waals surface area contributed by atoms with E-state index in [2.05, 4.69) is 10.1 Å². The molecule has 10 heteroatoms. The van der Waals surface area contributed by atoms with Gasteiger partial charge in [0.1, 0.15) is 10.0 Å². The number of aliphatic carboxylic acids is 1. The summed E-state index contributed by atoms with van der Waals surface area (Å²) < 4.78 is 29.5. The number of halogens is 1. The number of pyridine rings is 1. The lowest BCUT2D eigenvalue weighted by Gasteiger charge is -2.08. The molecule has 31 heavy (non-hydrogen) atoms. The van der Waals surface area contributed by atoms with Crippen molar-refractivity contribution in [1.82, 2.24) is 18.7 Å². The molecule has 0 saturated heterocycles. The highest BCUT2D eigenvalue weighted by Gasteiger charge is 2.29. The van der Waals surface area contributed by atoms with Crippen LogP contribution in [0.4, 0.5) is 0 Å². The Kier molecular flexibility index (Phi) is 5.32. The Labute approximate surface area is 183 Å². The molecule has 0 spiro atoms. The van der Waals surface area contributed by atoms with Crippen molar-refractivity contribution in [3.05, 3.63) is 65.3 Å². The van der Waals surface area contributed by atoms with Crippen LogP contribution in [0.2, 0.25) is 5.15 Å². The maximum absolute atomic E-state index is 13.5. The Bertz CT molecular complexity index is 1410. The highest BCUT2D eigenvalue weighted by atomic mass is 35.5. The number of aromatic nitrogens is 4. The molecule has 0 radical (unpaired) electrons. The van der Waals surface area contributed by atoms with Crippen LogP contribution < -0.4 is 0 Å². The number of benzene rings is 1. The number of hydrogen-bond acceptors (Lipinski definition) is 5. The third-order valence-corrected chi connectivity index (χ3v) is 7.44. The summed E-state index contributed by atoms with van der Waals surface area (Å²) in [6.07, 6.45) is 4.92. The van der Waals surface area contributed by atoms with Crippen molar-refractivity contribution in [2.75, 3.05) is 0 Å². The molecule has 1 N–H and O–H groups in total. The van der Waals surface area contributed by atoms with Crippen LogP contribution in [-0.4, -0.2) is 38.2 Å². The molecule has 0 amide bonds. The van der Waals surface area contributed by atoms with Crippen LogP contribution in [0.5, 0.6) is 0 Å². The summed E-state index contributed by atoms with van der Waals surface area (Å²) in [5, 5.41) is 13.9. The van der Waals surface area contributed by atoms with E-state index in [1.54, 1.807) is 32.4 Å². The Morgan fingerprint density at radius 2 is 2.00 bits per heavy atom. The smallest absolute Gasteiger partial charge is 0.303 e. The minimum Gasteiger partial charge on any atom is -0.481 e. The van der Waals surface area contributed by atoms with Crippen molar-refractivity contribution in [3.8, 4) is 11.1 Å². The molecule has 0 atom stereocenters. The molecular formula is C21H19ClN4O4S. The number of hydrogen-bond donors (Lipinski definition) is 1. The van der Waals surface area contributed by atoms with E-state index in [4.69, 9.17) is 16.7 Å². The number of aryl methyl sites for hydroxylation is 3. The van der Waals surface area contributed by atoms with Gasteiger partial charge in [0.05, 0.1) is 11.2 Å². The highest BCUT2D eigenvalue weighted by Crippen LogP contribution is 2.33. The van der Waals surface area contributed by atoms with Crippen molar-refractivity contribution >= 4 is 38.5 Å². The zero-order chi connectivity index (χ0) is 22.3. The number of carbonyl (C=O) groups is 1. The Balaban J connectivity index is 1.94. The van der Waals surface area contributed by atoms with E-state index < -0.39 is 16.0 Å². The van der Waals surface area contributed by atoms with Crippen LogP contribution in [-0.2, 0) is 28.3 Å². The molecule has 3 aromatic heterocycles. The molecule has 4 rings (SSSR count). The first-order valence-corrected chi connectivity index (χ1v) is 11.2. The van der Waals surface area contributed by atoms with Crippen molar-refractivity contribution in [3.63, 3.8) is 0 Å². The summed E-state index contributed by atoms with van der Waals surface area (Å²) in [6, 6.07) is 9.08. The lowest BCUT2D eigenvalue weighted by molar-refractivity contribution is -0.136. The predicted molar refractivity (Wildman–Crippen MR) is 117 cm³/mol. The molecule has 160 valence electrons. The van der Waals surface area contributed by atoms with Crippen molar-refractivity contribution < 1.29 is 18.3 Å². The summed E-state index contributed by atoms with van der Waals surface area (Å²) in [7, 11) is -2.49. The standard InChI is InChI=1S/C21H19ClN4O4S/c1-13-20(21(22)25(2)24-13)31(29,30)26-12-16(6-8-19(27)28)17-10-14(5-7-18(17)26)15-4-3-9-23-11-15/h3-5,7,9-12H,6,8H2,1-2H3,(H,27,28). The minimum atomic E-state index is -4.06. The fourth-order valence-corrected chi connectivity index (χ4v) is 5.73. The summed E-state index contributed by atoms with van der Waals surface area (Å²) >= 11 is 6.24. The van der Waals surface area contributed by atoms with Crippen molar-refractivity contribution in [2.45, 2.75) is 24.7 Å². The van der Waals surface area contributed by atoms with Gasteiger partial charge in [-0.3, -0.25) is 14.5 Å². The first-order chi connectivity index (χ1) is 14.7. The van der Waals surface area contributed by atoms with E-state index in [1.807, 2.05) is 24.3 Å². The molecule has 0 unspecified atom stereocenters. The number of nitrogens with zero attached hydrogens (tertiary/aromatic N) is 4. The topological polar surface area (TPSA) is 107 Å². The van der Waals surface area contributed by atoms with Gasteiger partial charge in [-0.15, -0.1) is 0 Å². The Hall–Kier alpha value is -3.17. The highest BCUT2D eigenvalue weighted by molar-refractivity contribution is 7.90. The van der Waals surface area contributed by atoms with Gasteiger partial charge < -0.3 is 5.11 Å². The van der Waals surface area contributed by atoms with E-state index in [0.717, 1.165) is 15.1 Å². The Morgan fingerprint density at radius 1 is 1.23 bits per heavy atom. The summed E-state index contributed by atoms with van der Waals surface area (Å²) in [5.41, 5.74) is 3.06. The molecule has 1 aromatic carbocycles. The molecule has 8 nitrogen and oxygen atoms in total. The van der Waals surface area contributed by atoms with Gasteiger partial charge in [0.2, 0.25) is 0 Å². The first-order valence-electron chi connectivity index (χ1n) is 9.41. The Morgan fingerprint density at radius 3 is 2.61 bits per heavy atom. The van der Waals surface area contributed by atoms with Gasteiger partial charge in [0.25, 0.3) is 10.0 Å². The molecule has 4 aromatic rings. The molecule has 0 aliphatic carbocycles. The van der Waals surface area contributed by atoms with E-state index in [9.17, 15) is 13.2 Å². The largest absolute Gasteiger partial charge is 0.481 e. The van der Waals surface area contributed by atoms with Crippen LogP contribution >= 0.6 is 11.6 Å². The zero-order valence-electron chi connectivity index (χ0n) is 16.8. The van der Waals surface area contributed by atoms with Gasteiger partial charge in [-0.25, -0.2) is 12.4 Å².